The Bertz CT molecular complexity index is 619. The highest BCUT2D eigenvalue weighted by molar-refractivity contribution is 5.65. The zero-order chi connectivity index (χ0) is 17.8. The number of likely N-dealkylation sites (tertiary alicyclic amines) is 1. The first-order valence-electron chi connectivity index (χ1n) is 9.56. The molecule has 2 fully saturated rings. The highest BCUT2D eigenvalue weighted by Gasteiger charge is 2.25. The zero-order valence-corrected chi connectivity index (χ0v) is 15.4. The van der Waals surface area contributed by atoms with E-state index >= 15 is 0 Å². The van der Waals surface area contributed by atoms with Crippen LogP contribution in [0.3, 0.4) is 0 Å². The van der Waals surface area contributed by atoms with Gasteiger partial charge < -0.3 is 20.2 Å². The third-order valence-corrected chi connectivity index (χ3v) is 5.71. The van der Waals surface area contributed by atoms with E-state index in [4.69, 9.17) is 0 Å². The molecule has 0 saturated carbocycles. The average Bonchev–Trinajstić information content (AvgIpc) is 2.64. The lowest BCUT2D eigenvalue weighted by Gasteiger charge is -2.37. The van der Waals surface area contributed by atoms with Crippen LogP contribution in [-0.4, -0.2) is 54.9 Å². The molecule has 5 nitrogen and oxygen atoms in total. The van der Waals surface area contributed by atoms with Crippen LogP contribution in [0.25, 0.3) is 0 Å². The molecule has 0 radical (unpaired) electrons. The van der Waals surface area contributed by atoms with E-state index in [2.05, 4.69) is 47.2 Å². The number of nitrogens with one attached hydrogen (secondary N) is 1. The first kappa shape index (κ1) is 18.0. The number of anilines is 2. The molecule has 2 aliphatic rings. The predicted octanol–water partition coefficient (Wildman–Crippen LogP) is 2.66. The summed E-state index contributed by atoms with van der Waals surface area (Å²) in [4.78, 5) is 4.72. The van der Waals surface area contributed by atoms with Crippen molar-refractivity contribution in [2.24, 2.45) is 5.92 Å². The van der Waals surface area contributed by atoms with Crippen LogP contribution >= 0.6 is 0 Å². The summed E-state index contributed by atoms with van der Waals surface area (Å²) in [6, 6.07) is 8.96. The summed E-state index contributed by atoms with van der Waals surface area (Å²) < 4.78 is 0. The number of aliphatic hydroxyl groups excluding tert-OH is 1. The minimum absolute atomic E-state index is 0.196. The molecule has 3 rings (SSSR count). The SMILES string of the molecule is CCN1CCC(Nc2ccc(N3CCC(O)CC3)c(C#N)c2)C(C)C1. The van der Waals surface area contributed by atoms with E-state index in [1.807, 2.05) is 6.07 Å². The quantitative estimate of drug-likeness (QED) is 0.881. The second-order valence-corrected chi connectivity index (χ2v) is 7.47. The van der Waals surface area contributed by atoms with E-state index in [1.54, 1.807) is 0 Å². The lowest BCUT2D eigenvalue weighted by Crippen LogP contribution is -2.45. The van der Waals surface area contributed by atoms with Crippen molar-refractivity contribution in [3.05, 3.63) is 23.8 Å². The molecule has 2 saturated heterocycles. The summed E-state index contributed by atoms with van der Waals surface area (Å²) in [7, 11) is 0. The van der Waals surface area contributed by atoms with Crippen molar-refractivity contribution >= 4 is 11.4 Å². The summed E-state index contributed by atoms with van der Waals surface area (Å²) in [5.74, 6) is 0.600. The number of rotatable bonds is 4. The van der Waals surface area contributed by atoms with Crippen molar-refractivity contribution in [3.8, 4) is 6.07 Å². The molecular weight excluding hydrogens is 312 g/mol. The molecule has 0 aromatic heterocycles. The number of aliphatic hydroxyl groups is 1. The summed E-state index contributed by atoms with van der Waals surface area (Å²) >= 11 is 0. The van der Waals surface area contributed by atoms with Gasteiger partial charge in [-0.3, -0.25) is 0 Å². The first-order valence-corrected chi connectivity index (χ1v) is 9.56. The van der Waals surface area contributed by atoms with Gasteiger partial charge in [0.15, 0.2) is 0 Å². The number of nitriles is 1. The van der Waals surface area contributed by atoms with E-state index in [0.29, 0.717) is 12.0 Å². The van der Waals surface area contributed by atoms with Crippen molar-refractivity contribution in [2.45, 2.75) is 45.3 Å². The lowest BCUT2D eigenvalue weighted by molar-refractivity contribution is 0.145. The zero-order valence-electron chi connectivity index (χ0n) is 15.4. The fourth-order valence-corrected chi connectivity index (χ4v) is 4.05. The van der Waals surface area contributed by atoms with Gasteiger partial charge in [0.2, 0.25) is 0 Å². The number of nitrogens with zero attached hydrogens (tertiary/aromatic N) is 3. The molecule has 2 unspecified atom stereocenters. The Labute approximate surface area is 151 Å². The first-order chi connectivity index (χ1) is 12.1. The highest BCUT2D eigenvalue weighted by atomic mass is 16.3. The molecule has 2 heterocycles. The summed E-state index contributed by atoms with van der Waals surface area (Å²) in [6.45, 7) is 9.54. The molecule has 0 aliphatic carbocycles. The van der Waals surface area contributed by atoms with Gasteiger partial charge in [-0.05, 0) is 49.9 Å². The topological polar surface area (TPSA) is 62.5 Å². The Balaban J connectivity index is 1.68. The molecule has 2 atom stereocenters. The Morgan fingerprint density at radius 3 is 2.64 bits per heavy atom. The predicted molar refractivity (Wildman–Crippen MR) is 102 cm³/mol. The van der Waals surface area contributed by atoms with Crippen LogP contribution in [0.15, 0.2) is 18.2 Å². The lowest BCUT2D eigenvalue weighted by atomic mass is 9.93. The molecule has 0 bridgehead atoms. The van der Waals surface area contributed by atoms with E-state index in [0.717, 1.165) is 68.9 Å². The molecule has 136 valence electrons. The minimum atomic E-state index is -0.196. The molecule has 25 heavy (non-hydrogen) atoms. The number of hydrogen-bond donors (Lipinski definition) is 2. The fraction of sp³-hybridized carbons (Fsp3) is 0.650. The van der Waals surface area contributed by atoms with Crippen molar-refractivity contribution in [3.63, 3.8) is 0 Å². The van der Waals surface area contributed by atoms with Gasteiger partial charge in [0.25, 0.3) is 0 Å². The Hall–Kier alpha value is -1.77. The summed E-state index contributed by atoms with van der Waals surface area (Å²) in [5.41, 5.74) is 2.76. The summed E-state index contributed by atoms with van der Waals surface area (Å²) in [6.07, 6.45) is 2.50. The van der Waals surface area contributed by atoms with Crippen LogP contribution in [0.5, 0.6) is 0 Å². The van der Waals surface area contributed by atoms with Crippen molar-refractivity contribution in [1.29, 1.82) is 5.26 Å². The van der Waals surface area contributed by atoms with Gasteiger partial charge in [-0.1, -0.05) is 13.8 Å². The van der Waals surface area contributed by atoms with E-state index in [9.17, 15) is 10.4 Å². The van der Waals surface area contributed by atoms with Crippen molar-refractivity contribution < 1.29 is 5.11 Å². The molecule has 0 amide bonds. The van der Waals surface area contributed by atoms with Crippen LogP contribution in [0.1, 0.15) is 38.7 Å². The standard InChI is InChI=1S/C20H30N4O/c1-3-23-9-8-19(15(2)14-23)22-17-4-5-20(16(12-17)13-21)24-10-6-18(25)7-11-24/h4-5,12,15,18-19,22,25H,3,6-11,14H2,1-2H3. The highest BCUT2D eigenvalue weighted by Crippen LogP contribution is 2.28. The monoisotopic (exact) mass is 342 g/mol. The third kappa shape index (κ3) is 4.26. The second-order valence-electron chi connectivity index (χ2n) is 7.47. The fourth-order valence-electron chi connectivity index (χ4n) is 4.05. The minimum Gasteiger partial charge on any atom is -0.393 e. The van der Waals surface area contributed by atoms with Crippen LogP contribution in [0.2, 0.25) is 0 Å². The Kier molecular flexibility index (Phi) is 5.82. The normalized spacial score (nSPS) is 25.6. The van der Waals surface area contributed by atoms with Gasteiger partial charge >= 0.3 is 0 Å². The molecule has 2 aliphatic heterocycles. The van der Waals surface area contributed by atoms with Crippen LogP contribution in [0.4, 0.5) is 11.4 Å². The molecule has 2 N–H and O–H groups in total. The maximum absolute atomic E-state index is 9.68. The second kappa shape index (κ2) is 8.07. The van der Waals surface area contributed by atoms with Crippen LogP contribution < -0.4 is 10.2 Å². The number of piperidine rings is 2. The summed E-state index contributed by atoms with van der Waals surface area (Å²) in [5, 5.41) is 22.9. The number of benzene rings is 1. The van der Waals surface area contributed by atoms with E-state index < -0.39 is 0 Å². The van der Waals surface area contributed by atoms with Gasteiger partial charge in [-0.25, -0.2) is 0 Å². The number of hydrogen-bond acceptors (Lipinski definition) is 5. The maximum atomic E-state index is 9.68. The van der Waals surface area contributed by atoms with Gasteiger partial charge in [-0.2, -0.15) is 5.26 Å². The largest absolute Gasteiger partial charge is 0.393 e. The van der Waals surface area contributed by atoms with Gasteiger partial charge in [-0.15, -0.1) is 0 Å². The molecule has 5 heteroatoms. The Morgan fingerprint density at radius 2 is 2.00 bits per heavy atom. The van der Waals surface area contributed by atoms with Crippen molar-refractivity contribution in [2.75, 3.05) is 42.9 Å². The maximum Gasteiger partial charge on any atom is 0.101 e. The van der Waals surface area contributed by atoms with Gasteiger partial charge in [0, 0.05) is 37.9 Å². The molecule has 1 aromatic carbocycles. The van der Waals surface area contributed by atoms with Gasteiger partial charge in [0.1, 0.15) is 6.07 Å². The molecular formula is C20H30N4O. The van der Waals surface area contributed by atoms with Gasteiger partial charge in [0.05, 0.1) is 17.4 Å². The van der Waals surface area contributed by atoms with Crippen LogP contribution in [-0.2, 0) is 0 Å². The Morgan fingerprint density at radius 1 is 1.24 bits per heavy atom. The van der Waals surface area contributed by atoms with E-state index in [-0.39, 0.29) is 6.10 Å². The third-order valence-electron chi connectivity index (χ3n) is 5.71. The van der Waals surface area contributed by atoms with Crippen LogP contribution in [0, 0.1) is 17.2 Å². The van der Waals surface area contributed by atoms with E-state index in [1.165, 1.54) is 0 Å². The molecule has 1 aromatic rings. The molecule has 0 spiro atoms. The van der Waals surface area contributed by atoms with Crippen molar-refractivity contribution in [1.82, 2.24) is 4.90 Å². The smallest absolute Gasteiger partial charge is 0.101 e. The average molecular weight is 342 g/mol.